The number of benzene rings is 1. The van der Waals surface area contributed by atoms with E-state index < -0.39 is 12.7 Å². The molecule has 0 bridgehead atoms. The average Bonchev–Trinajstić information content (AvgIpc) is 2.91. The third kappa shape index (κ3) is 2.71. The second-order valence-corrected chi connectivity index (χ2v) is 9.03. The van der Waals surface area contributed by atoms with Crippen molar-refractivity contribution < 1.29 is 19.9 Å². The van der Waals surface area contributed by atoms with Gasteiger partial charge in [0, 0.05) is 0 Å². The van der Waals surface area contributed by atoms with Gasteiger partial charge in [-0.2, -0.15) is 0 Å². The summed E-state index contributed by atoms with van der Waals surface area (Å²) in [7, 11) is 0.400. The van der Waals surface area contributed by atoms with Gasteiger partial charge in [-0.3, -0.25) is 0 Å². The van der Waals surface area contributed by atoms with Gasteiger partial charge >= 0.3 is 7.12 Å². The van der Waals surface area contributed by atoms with Crippen LogP contribution in [0.25, 0.3) is 0 Å². The highest BCUT2D eigenvalue weighted by Gasteiger charge is 2.61. The van der Waals surface area contributed by atoms with Crippen LogP contribution in [0.15, 0.2) is 18.2 Å². The lowest BCUT2D eigenvalue weighted by molar-refractivity contribution is -0.105. The van der Waals surface area contributed by atoms with E-state index in [4.69, 9.17) is 4.74 Å². The molecule has 0 saturated heterocycles. The second-order valence-electron chi connectivity index (χ2n) is 9.03. The van der Waals surface area contributed by atoms with E-state index in [2.05, 4.69) is 25.1 Å². The van der Waals surface area contributed by atoms with Crippen LogP contribution in [0.4, 0.5) is 0 Å². The number of fused-ring (bicyclic) bond motifs is 5. The van der Waals surface area contributed by atoms with Crippen LogP contribution in [0.2, 0.25) is 6.32 Å². The molecule has 3 N–H and O–H groups in total. The summed E-state index contributed by atoms with van der Waals surface area (Å²) in [5.41, 5.74) is 2.07. The van der Waals surface area contributed by atoms with E-state index in [1.165, 1.54) is 17.5 Å². The van der Waals surface area contributed by atoms with E-state index in [1.807, 2.05) is 0 Å². The van der Waals surface area contributed by atoms with Gasteiger partial charge in [0.1, 0.15) is 5.75 Å². The molecule has 0 radical (unpaired) electrons. The van der Waals surface area contributed by atoms with Crippen LogP contribution in [0, 0.1) is 17.3 Å². The Morgan fingerprint density at radius 3 is 2.73 bits per heavy atom. The molecule has 26 heavy (non-hydrogen) atoms. The average molecular weight is 358 g/mol. The summed E-state index contributed by atoms with van der Waals surface area (Å²) in [5, 5.41) is 30.0. The van der Waals surface area contributed by atoms with Crippen molar-refractivity contribution in [3.8, 4) is 5.75 Å². The summed E-state index contributed by atoms with van der Waals surface area (Å²) in [6.45, 7) is 2.26. The largest absolute Gasteiger partial charge is 0.497 e. The van der Waals surface area contributed by atoms with Gasteiger partial charge in [-0.15, -0.1) is 0 Å². The third-order valence-electron chi connectivity index (χ3n) is 8.07. The summed E-state index contributed by atoms with van der Waals surface area (Å²) in [6.07, 6.45) is 7.00. The van der Waals surface area contributed by atoms with Crippen molar-refractivity contribution in [3.05, 3.63) is 29.3 Å². The molecule has 0 spiro atoms. The maximum absolute atomic E-state index is 11.4. The normalized spacial score (nSPS) is 38.3. The highest BCUT2D eigenvalue weighted by Crippen LogP contribution is 2.65. The van der Waals surface area contributed by atoms with Crippen LogP contribution in [-0.2, 0) is 6.42 Å². The molecule has 142 valence electrons. The van der Waals surface area contributed by atoms with Crippen molar-refractivity contribution in [2.45, 2.75) is 69.7 Å². The van der Waals surface area contributed by atoms with Crippen LogP contribution in [-0.4, -0.2) is 35.0 Å². The van der Waals surface area contributed by atoms with Crippen LogP contribution in [0.3, 0.4) is 0 Å². The predicted molar refractivity (Wildman–Crippen MR) is 102 cm³/mol. The molecule has 0 unspecified atom stereocenters. The fraction of sp³-hybridized carbons (Fsp3) is 0.714. The SMILES string of the molecule is COc1ccc2c(c1)CC[C@@H]1[C@@H]2CC[C@@]2(C)[C@H]1CC[C@@]2(O)CCB(O)O. The first-order valence-electron chi connectivity index (χ1n) is 10.1. The molecule has 3 aliphatic carbocycles. The molecule has 5 heteroatoms. The molecule has 5 atom stereocenters. The second kappa shape index (κ2) is 6.54. The number of methoxy groups -OCH3 is 1. The predicted octanol–water partition coefficient (Wildman–Crippen LogP) is 3.15. The zero-order valence-electron chi connectivity index (χ0n) is 15.9. The lowest BCUT2D eigenvalue weighted by atomic mass is 9.52. The third-order valence-corrected chi connectivity index (χ3v) is 8.07. The van der Waals surface area contributed by atoms with Gasteiger partial charge in [0.05, 0.1) is 12.7 Å². The number of hydrogen-bond acceptors (Lipinski definition) is 4. The minimum absolute atomic E-state index is 0.104. The van der Waals surface area contributed by atoms with E-state index >= 15 is 0 Å². The number of hydrogen-bond donors (Lipinski definition) is 3. The molecule has 1 aromatic rings. The molecular weight excluding hydrogens is 327 g/mol. The maximum Gasteiger partial charge on any atom is 0.451 e. The summed E-state index contributed by atoms with van der Waals surface area (Å²) in [6, 6.07) is 6.55. The minimum atomic E-state index is -1.32. The van der Waals surface area contributed by atoms with E-state index in [0.717, 1.165) is 37.9 Å². The molecule has 0 aromatic heterocycles. The van der Waals surface area contributed by atoms with Crippen molar-refractivity contribution in [1.82, 2.24) is 0 Å². The lowest BCUT2D eigenvalue weighted by Crippen LogP contribution is -2.51. The molecule has 0 heterocycles. The first-order valence-corrected chi connectivity index (χ1v) is 10.1. The summed E-state index contributed by atoms with van der Waals surface area (Å²) < 4.78 is 5.40. The van der Waals surface area contributed by atoms with Gasteiger partial charge in [0.25, 0.3) is 0 Å². The molecule has 1 aromatic carbocycles. The minimum Gasteiger partial charge on any atom is -0.497 e. The van der Waals surface area contributed by atoms with Crippen LogP contribution in [0.5, 0.6) is 5.75 Å². The first kappa shape index (κ1) is 18.3. The summed E-state index contributed by atoms with van der Waals surface area (Å²) in [5.74, 6) is 2.69. The molecule has 3 aliphatic rings. The van der Waals surface area contributed by atoms with E-state index in [9.17, 15) is 15.2 Å². The Balaban J connectivity index is 1.59. The van der Waals surface area contributed by atoms with Gasteiger partial charge < -0.3 is 19.9 Å². The fourth-order valence-electron chi connectivity index (χ4n) is 6.57. The van der Waals surface area contributed by atoms with Crippen molar-refractivity contribution in [3.63, 3.8) is 0 Å². The number of rotatable bonds is 4. The van der Waals surface area contributed by atoms with Crippen molar-refractivity contribution in [2.75, 3.05) is 7.11 Å². The van der Waals surface area contributed by atoms with Crippen molar-refractivity contribution in [2.24, 2.45) is 17.3 Å². The van der Waals surface area contributed by atoms with Gasteiger partial charge in [-0.05, 0) is 97.7 Å². The van der Waals surface area contributed by atoms with E-state index in [-0.39, 0.29) is 11.7 Å². The molecule has 2 fully saturated rings. The zero-order valence-corrected chi connectivity index (χ0v) is 15.9. The molecule has 0 amide bonds. The lowest BCUT2D eigenvalue weighted by Gasteiger charge is -2.53. The molecule has 2 saturated carbocycles. The first-order chi connectivity index (χ1) is 12.4. The maximum atomic E-state index is 11.4. The molecule has 0 aliphatic heterocycles. The topological polar surface area (TPSA) is 69.9 Å². The standard InChI is InChI=1S/C21H31BO4/c1-20-9-7-17-16-6-4-15(26-2)13-14(16)3-5-18(17)19(20)8-10-21(20,23)11-12-22(24)25/h4,6,13,17-19,23-25H,3,5,7-12H2,1-2H3/t17-,18-,19+,20+,21-/m1/s1. The quantitative estimate of drug-likeness (QED) is 0.724. The van der Waals surface area contributed by atoms with Crippen LogP contribution >= 0.6 is 0 Å². The summed E-state index contributed by atoms with van der Waals surface area (Å²) in [4.78, 5) is 0. The van der Waals surface area contributed by atoms with Gasteiger partial charge in [-0.25, -0.2) is 0 Å². The number of aryl methyl sites for hydroxylation is 1. The molecule has 4 nitrogen and oxygen atoms in total. The Bertz CT molecular complexity index is 678. The fourth-order valence-corrected chi connectivity index (χ4v) is 6.57. The Morgan fingerprint density at radius 2 is 2.00 bits per heavy atom. The Kier molecular flexibility index (Phi) is 4.61. The van der Waals surface area contributed by atoms with E-state index in [0.29, 0.717) is 24.2 Å². The Labute approximate surface area is 156 Å². The molecule has 4 rings (SSSR count). The van der Waals surface area contributed by atoms with Gasteiger partial charge in [0.2, 0.25) is 0 Å². The number of ether oxygens (including phenoxy) is 1. The highest BCUT2D eigenvalue weighted by atomic mass is 16.5. The molecular formula is C21H31BO4. The van der Waals surface area contributed by atoms with Gasteiger partial charge in [0.15, 0.2) is 0 Å². The highest BCUT2D eigenvalue weighted by molar-refractivity contribution is 6.40. The summed E-state index contributed by atoms with van der Waals surface area (Å²) >= 11 is 0. The smallest absolute Gasteiger partial charge is 0.451 e. The Morgan fingerprint density at radius 1 is 1.19 bits per heavy atom. The van der Waals surface area contributed by atoms with Crippen molar-refractivity contribution >= 4 is 7.12 Å². The Hall–Kier alpha value is -1.04. The van der Waals surface area contributed by atoms with Gasteiger partial charge in [-0.1, -0.05) is 13.0 Å². The number of aliphatic hydroxyl groups is 1. The van der Waals surface area contributed by atoms with Crippen LogP contribution in [0.1, 0.15) is 62.5 Å². The van der Waals surface area contributed by atoms with Crippen molar-refractivity contribution in [1.29, 1.82) is 0 Å². The van der Waals surface area contributed by atoms with E-state index in [1.54, 1.807) is 7.11 Å². The monoisotopic (exact) mass is 358 g/mol. The van der Waals surface area contributed by atoms with Crippen LogP contribution < -0.4 is 4.74 Å². The zero-order chi connectivity index (χ0) is 18.5.